The van der Waals surface area contributed by atoms with Crippen molar-refractivity contribution in [1.29, 1.82) is 0 Å². The predicted molar refractivity (Wildman–Crippen MR) is 71.3 cm³/mol. The van der Waals surface area contributed by atoms with E-state index in [1.54, 1.807) is 31.5 Å². The summed E-state index contributed by atoms with van der Waals surface area (Å²) in [6, 6.07) is 12.7. The fourth-order valence-corrected chi connectivity index (χ4v) is 1.99. The molecule has 0 bridgehead atoms. The molecule has 0 aliphatic carbocycles. The van der Waals surface area contributed by atoms with Crippen molar-refractivity contribution in [2.24, 2.45) is 0 Å². The van der Waals surface area contributed by atoms with Crippen LogP contribution < -0.4 is 4.74 Å². The second-order valence-electron chi connectivity index (χ2n) is 4.16. The van der Waals surface area contributed by atoms with Gasteiger partial charge in [-0.3, -0.25) is 9.78 Å². The Labute approximate surface area is 111 Å². The minimum Gasteiger partial charge on any atom is -0.496 e. The summed E-state index contributed by atoms with van der Waals surface area (Å²) in [5.74, 6) is -0.855. The van der Waals surface area contributed by atoms with Crippen LogP contribution in [0.1, 0.15) is 17.2 Å². The standard InChI is InChI=1S/C15H15NO3/c1-19-14-8-3-2-6-11(14)10-12(15(17)18)13-7-4-5-9-16-13/h2-9,12H,10H2,1H3,(H,17,18). The van der Waals surface area contributed by atoms with E-state index in [9.17, 15) is 9.90 Å². The Morgan fingerprint density at radius 1 is 1.26 bits per heavy atom. The fraction of sp³-hybridized carbons (Fsp3) is 0.200. The summed E-state index contributed by atoms with van der Waals surface area (Å²) in [5.41, 5.74) is 1.42. The van der Waals surface area contributed by atoms with Crippen molar-refractivity contribution in [3.8, 4) is 5.75 Å². The average molecular weight is 257 g/mol. The van der Waals surface area contributed by atoms with E-state index in [1.165, 1.54) is 0 Å². The fourth-order valence-electron chi connectivity index (χ4n) is 1.99. The third-order valence-corrected chi connectivity index (χ3v) is 2.96. The van der Waals surface area contributed by atoms with Crippen LogP contribution in [0.4, 0.5) is 0 Å². The van der Waals surface area contributed by atoms with E-state index in [4.69, 9.17) is 4.74 Å². The van der Waals surface area contributed by atoms with Crippen LogP contribution in [0.2, 0.25) is 0 Å². The summed E-state index contributed by atoms with van der Waals surface area (Å²) in [4.78, 5) is 15.6. The van der Waals surface area contributed by atoms with Gasteiger partial charge in [0.2, 0.25) is 0 Å². The number of carboxylic acids is 1. The lowest BCUT2D eigenvalue weighted by Crippen LogP contribution is -2.16. The molecule has 4 heteroatoms. The molecule has 1 N–H and O–H groups in total. The van der Waals surface area contributed by atoms with Gasteiger partial charge in [-0.05, 0) is 30.2 Å². The third kappa shape index (κ3) is 3.10. The minimum atomic E-state index is -0.885. The molecule has 0 amide bonds. The number of aromatic nitrogens is 1. The molecule has 1 heterocycles. The number of benzene rings is 1. The number of para-hydroxylation sites is 1. The Morgan fingerprint density at radius 2 is 2.00 bits per heavy atom. The monoisotopic (exact) mass is 257 g/mol. The van der Waals surface area contributed by atoms with Crippen molar-refractivity contribution in [2.75, 3.05) is 7.11 Å². The summed E-state index contributed by atoms with van der Waals surface area (Å²) < 4.78 is 5.25. The SMILES string of the molecule is COc1ccccc1CC(C(=O)O)c1ccccn1. The first-order valence-corrected chi connectivity index (χ1v) is 5.98. The molecular formula is C15H15NO3. The quantitative estimate of drug-likeness (QED) is 0.894. The Morgan fingerprint density at radius 3 is 2.63 bits per heavy atom. The number of rotatable bonds is 5. The van der Waals surface area contributed by atoms with Gasteiger partial charge in [0.1, 0.15) is 11.7 Å². The second kappa shape index (κ2) is 6.00. The van der Waals surface area contributed by atoms with Gasteiger partial charge in [0.05, 0.1) is 12.8 Å². The molecule has 0 spiro atoms. The van der Waals surface area contributed by atoms with E-state index in [1.807, 2.05) is 24.3 Å². The highest BCUT2D eigenvalue weighted by molar-refractivity contribution is 5.76. The molecule has 4 nitrogen and oxygen atoms in total. The molecule has 0 saturated carbocycles. The number of carboxylic acid groups (broad SMARTS) is 1. The molecule has 0 fully saturated rings. The van der Waals surface area contributed by atoms with Crippen molar-refractivity contribution in [3.05, 3.63) is 59.9 Å². The molecule has 0 aliphatic rings. The molecule has 2 rings (SSSR count). The second-order valence-corrected chi connectivity index (χ2v) is 4.16. The minimum absolute atomic E-state index is 0.358. The molecule has 1 aromatic carbocycles. The highest BCUT2D eigenvalue weighted by atomic mass is 16.5. The zero-order chi connectivity index (χ0) is 13.7. The van der Waals surface area contributed by atoms with Gasteiger partial charge in [-0.25, -0.2) is 0 Å². The van der Waals surface area contributed by atoms with Crippen molar-refractivity contribution < 1.29 is 14.6 Å². The van der Waals surface area contributed by atoms with Gasteiger partial charge in [0, 0.05) is 6.20 Å². The summed E-state index contributed by atoms with van der Waals surface area (Å²) >= 11 is 0. The van der Waals surface area contributed by atoms with Gasteiger partial charge < -0.3 is 9.84 Å². The zero-order valence-electron chi connectivity index (χ0n) is 10.6. The molecule has 0 aliphatic heterocycles. The highest BCUT2D eigenvalue weighted by Crippen LogP contribution is 2.25. The molecule has 1 unspecified atom stereocenters. The van der Waals surface area contributed by atoms with Gasteiger partial charge in [-0.2, -0.15) is 0 Å². The van der Waals surface area contributed by atoms with E-state index in [0.717, 1.165) is 5.56 Å². The summed E-state index contributed by atoms with van der Waals surface area (Å²) in [5, 5.41) is 9.37. The number of hydrogen-bond donors (Lipinski definition) is 1. The van der Waals surface area contributed by atoms with Crippen LogP contribution >= 0.6 is 0 Å². The van der Waals surface area contributed by atoms with E-state index in [-0.39, 0.29) is 0 Å². The topological polar surface area (TPSA) is 59.4 Å². The number of pyridine rings is 1. The number of carbonyl (C=O) groups is 1. The van der Waals surface area contributed by atoms with Crippen LogP contribution in [-0.4, -0.2) is 23.2 Å². The van der Waals surface area contributed by atoms with E-state index >= 15 is 0 Å². The lowest BCUT2D eigenvalue weighted by molar-refractivity contribution is -0.138. The summed E-state index contributed by atoms with van der Waals surface area (Å²) in [7, 11) is 1.58. The van der Waals surface area contributed by atoms with Crippen molar-refractivity contribution in [3.63, 3.8) is 0 Å². The Balaban J connectivity index is 2.30. The average Bonchev–Trinajstić information content (AvgIpc) is 2.45. The van der Waals surface area contributed by atoms with Crippen molar-refractivity contribution in [1.82, 2.24) is 4.98 Å². The van der Waals surface area contributed by atoms with E-state index in [0.29, 0.717) is 17.9 Å². The molecule has 2 aromatic rings. The molecule has 1 aromatic heterocycles. The van der Waals surface area contributed by atoms with E-state index < -0.39 is 11.9 Å². The first-order chi connectivity index (χ1) is 9.22. The number of ether oxygens (including phenoxy) is 1. The first kappa shape index (κ1) is 13.1. The maximum absolute atomic E-state index is 11.4. The van der Waals surface area contributed by atoms with E-state index in [2.05, 4.69) is 4.98 Å². The molecule has 0 radical (unpaired) electrons. The van der Waals surface area contributed by atoms with Crippen molar-refractivity contribution in [2.45, 2.75) is 12.3 Å². The maximum atomic E-state index is 11.4. The van der Waals surface area contributed by atoms with Crippen LogP contribution in [-0.2, 0) is 11.2 Å². The Kier molecular flexibility index (Phi) is 4.13. The van der Waals surface area contributed by atoms with Gasteiger partial charge in [-0.15, -0.1) is 0 Å². The molecule has 98 valence electrons. The zero-order valence-corrected chi connectivity index (χ0v) is 10.6. The van der Waals surface area contributed by atoms with Gasteiger partial charge >= 0.3 is 5.97 Å². The lowest BCUT2D eigenvalue weighted by Gasteiger charge is -2.14. The lowest BCUT2D eigenvalue weighted by atomic mass is 9.95. The molecular weight excluding hydrogens is 242 g/mol. The molecule has 1 atom stereocenters. The summed E-state index contributed by atoms with van der Waals surface area (Å²) in [6.07, 6.45) is 1.96. The van der Waals surface area contributed by atoms with Crippen LogP contribution in [0.25, 0.3) is 0 Å². The highest BCUT2D eigenvalue weighted by Gasteiger charge is 2.22. The van der Waals surface area contributed by atoms with Gasteiger partial charge in [0.25, 0.3) is 0 Å². The number of nitrogens with zero attached hydrogens (tertiary/aromatic N) is 1. The Hall–Kier alpha value is -2.36. The van der Waals surface area contributed by atoms with Gasteiger partial charge in [-0.1, -0.05) is 24.3 Å². The third-order valence-electron chi connectivity index (χ3n) is 2.96. The largest absolute Gasteiger partial charge is 0.496 e. The van der Waals surface area contributed by atoms with Crippen LogP contribution in [0, 0.1) is 0 Å². The van der Waals surface area contributed by atoms with Crippen molar-refractivity contribution >= 4 is 5.97 Å². The van der Waals surface area contributed by atoms with Crippen LogP contribution in [0.15, 0.2) is 48.7 Å². The summed E-state index contributed by atoms with van der Waals surface area (Å²) in [6.45, 7) is 0. The maximum Gasteiger partial charge on any atom is 0.312 e. The molecule has 0 saturated heterocycles. The number of aliphatic carboxylic acids is 1. The normalized spacial score (nSPS) is 11.8. The number of methoxy groups -OCH3 is 1. The predicted octanol–water partition coefficient (Wildman–Crippen LogP) is 2.50. The Bertz CT molecular complexity index is 554. The first-order valence-electron chi connectivity index (χ1n) is 5.98. The van der Waals surface area contributed by atoms with Crippen LogP contribution in [0.5, 0.6) is 5.75 Å². The smallest absolute Gasteiger partial charge is 0.312 e. The van der Waals surface area contributed by atoms with Crippen LogP contribution in [0.3, 0.4) is 0 Å². The molecule has 19 heavy (non-hydrogen) atoms. The van der Waals surface area contributed by atoms with Gasteiger partial charge in [0.15, 0.2) is 0 Å². The number of hydrogen-bond acceptors (Lipinski definition) is 3.